The summed E-state index contributed by atoms with van der Waals surface area (Å²) in [7, 11) is 0. The lowest BCUT2D eigenvalue weighted by Gasteiger charge is -2.72. The van der Waals surface area contributed by atoms with Gasteiger partial charge in [-0.25, -0.2) is 18.4 Å². The first-order valence-electron chi connectivity index (χ1n) is 8.15. The second-order valence-corrected chi connectivity index (χ2v) is 8.19. The SMILES string of the molecule is CC(C)(C)OC(=O)NC(C(=O)O)C12CC(c3c(F)cccc3F)(C1)C2. The van der Waals surface area contributed by atoms with Crippen LogP contribution in [0.3, 0.4) is 0 Å². The Kier molecular flexibility index (Phi) is 3.82. The number of carbonyl (C=O) groups is 2. The maximum Gasteiger partial charge on any atom is 0.408 e. The largest absolute Gasteiger partial charge is 0.480 e. The topological polar surface area (TPSA) is 75.6 Å². The lowest BCUT2D eigenvalue weighted by atomic mass is 9.31. The molecule has 1 unspecified atom stereocenters. The minimum Gasteiger partial charge on any atom is -0.480 e. The zero-order valence-electron chi connectivity index (χ0n) is 14.4. The maximum absolute atomic E-state index is 14.0. The molecule has 2 bridgehead atoms. The number of alkyl carbamates (subject to hydrolysis) is 1. The van der Waals surface area contributed by atoms with Gasteiger partial charge >= 0.3 is 12.1 Å². The Balaban J connectivity index is 1.74. The Bertz CT molecular complexity index is 701. The average Bonchev–Trinajstić information content (AvgIpc) is 2.35. The molecule has 2 N–H and O–H groups in total. The van der Waals surface area contributed by atoms with Gasteiger partial charge < -0.3 is 15.2 Å². The number of ether oxygens (including phenoxy) is 1. The number of carboxylic acids is 1. The third-order valence-corrected chi connectivity index (χ3v) is 5.08. The van der Waals surface area contributed by atoms with Crippen molar-refractivity contribution in [3.8, 4) is 0 Å². The normalized spacial score (nSPS) is 28.4. The molecule has 3 aliphatic carbocycles. The van der Waals surface area contributed by atoms with Crippen LogP contribution in [0, 0.1) is 17.0 Å². The molecule has 0 heterocycles. The van der Waals surface area contributed by atoms with Crippen LogP contribution in [-0.4, -0.2) is 28.8 Å². The second-order valence-electron chi connectivity index (χ2n) is 8.19. The highest BCUT2D eigenvalue weighted by Gasteiger charge is 2.73. The van der Waals surface area contributed by atoms with Gasteiger partial charge in [-0.2, -0.15) is 0 Å². The monoisotopic (exact) mass is 353 g/mol. The highest BCUT2D eigenvalue weighted by molar-refractivity contribution is 5.82. The van der Waals surface area contributed by atoms with Gasteiger partial charge in [-0.05, 0) is 52.2 Å². The summed E-state index contributed by atoms with van der Waals surface area (Å²) in [6.07, 6.45) is 0.163. The van der Waals surface area contributed by atoms with E-state index in [0.717, 1.165) is 0 Å². The van der Waals surface area contributed by atoms with Crippen molar-refractivity contribution in [2.75, 3.05) is 0 Å². The lowest BCUT2D eigenvalue weighted by Crippen LogP contribution is -2.74. The van der Waals surface area contributed by atoms with E-state index in [4.69, 9.17) is 4.74 Å². The molecule has 25 heavy (non-hydrogen) atoms. The number of halogens is 2. The smallest absolute Gasteiger partial charge is 0.408 e. The van der Waals surface area contributed by atoms with Crippen LogP contribution in [0.5, 0.6) is 0 Å². The summed E-state index contributed by atoms with van der Waals surface area (Å²) in [6.45, 7) is 5.04. The summed E-state index contributed by atoms with van der Waals surface area (Å²) in [5.74, 6) is -2.39. The van der Waals surface area contributed by atoms with Crippen molar-refractivity contribution in [2.24, 2.45) is 5.41 Å². The van der Waals surface area contributed by atoms with Crippen LogP contribution >= 0.6 is 0 Å². The Morgan fingerprint density at radius 2 is 1.72 bits per heavy atom. The third-order valence-electron chi connectivity index (χ3n) is 5.08. The van der Waals surface area contributed by atoms with E-state index in [9.17, 15) is 23.5 Å². The van der Waals surface area contributed by atoms with E-state index in [-0.39, 0.29) is 5.56 Å². The summed E-state index contributed by atoms with van der Waals surface area (Å²) < 4.78 is 33.2. The third kappa shape index (κ3) is 2.85. The standard InChI is InChI=1S/C18H21F2NO4/c1-16(2,3)25-15(24)21-13(14(22)23)18-7-17(8-18,9-18)12-10(19)5-4-6-11(12)20/h4-6,13H,7-9H2,1-3H3,(H,21,24)(H,22,23). The number of amides is 1. The van der Waals surface area contributed by atoms with Crippen LogP contribution in [0.25, 0.3) is 0 Å². The van der Waals surface area contributed by atoms with Gasteiger partial charge in [0.05, 0.1) is 0 Å². The molecule has 0 aromatic heterocycles. The van der Waals surface area contributed by atoms with E-state index in [0.29, 0.717) is 19.3 Å². The van der Waals surface area contributed by atoms with Crippen LogP contribution < -0.4 is 5.32 Å². The fourth-order valence-corrected chi connectivity index (χ4v) is 4.34. The van der Waals surface area contributed by atoms with Gasteiger partial charge in [0, 0.05) is 16.4 Å². The summed E-state index contributed by atoms with van der Waals surface area (Å²) in [5, 5.41) is 11.9. The predicted molar refractivity (Wildman–Crippen MR) is 85.1 cm³/mol. The van der Waals surface area contributed by atoms with Crippen LogP contribution in [0.4, 0.5) is 13.6 Å². The van der Waals surface area contributed by atoms with Gasteiger partial charge in [0.15, 0.2) is 0 Å². The van der Waals surface area contributed by atoms with E-state index in [2.05, 4.69) is 5.32 Å². The Hall–Kier alpha value is -2.18. The molecule has 0 spiro atoms. The number of hydrogen-bond donors (Lipinski definition) is 2. The predicted octanol–water partition coefficient (Wildman–Crippen LogP) is 3.36. The molecule has 136 valence electrons. The second kappa shape index (κ2) is 5.41. The number of rotatable bonds is 4. The van der Waals surface area contributed by atoms with Crippen molar-refractivity contribution in [1.29, 1.82) is 0 Å². The van der Waals surface area contributed by atoms with E-state index in [1.165, 1.54) is 18.2 Å². The number of carboxylic acid groups (broad SMARTS) is 1. The van der Waals surface area contributed by atoms with Crippen LogP contribution in [0.2, 0.25) is 0 Å². The minimum atomic E-state index is -1.17. The fraction of sp³-hybridized carbons (Fsp3) is 0.556. The molecule has 1 aromatic rings. The van der Waals surface area contributed by atoms with Crippen molar-refractivity contribution < 1.29 is 28.2 Å². The first-order valence-corrected chi connectivity index (χ1v) is 8.15. The quantitative estimate of drug-likeness (QED) is 0.870. The molecule has 4 rings (SSSR count). The summed E-state index contributed by atoms with van der Waals surface area (Å²) in [4.78, 5) is 23.5. The molecule has 3 fully saturated rings. The molecular formula is C18H21F2NO4. The molecule has 0 saturated heterocycles. The fourth-order valence-electron chi connectivity index (χ4n) is 4.34. The van der Waals surface area contributed by atoms with Crippen LogP contribution in [0.15, 0.2) is 18.2 Å². The molecule has 1 amide bonds. The van der Waals surface area contributed by atoms with Gasteiger partial charge in [-0.3, -0.25) is 0 Å². The number of hydrogen-bond acceptors (Lipinski definition) is 3. The van der Waals surface area contributed by atoms with Gasteiger partial charge in [0.2, 0.25) is 0 Å². The Morgan fingerprint density at radius 1 is 1.20 bits per heavy atom. The van der Waals surface area contributed by atoms with Crippen LogP contribution in [0.1, 0.15) is 45.6 Å². The molecule has 0 aliphatic heterocycles. The summed E-state index contributed by atoms with van der Waals surface area (Å²) in [6, 6.07) is 2.58. The molecule has 0 radical (unpaired) electrons. The van der Waals surface area contributed by atoms with E-state index in [1.807, 2.05) is 0 Å². The number of carbonyl (C=O) groups excluding carboxylic acids is 1. The Labute approximate surface area is 144 Å². The van der Waals surface area contributed by atoms with Gasteiger partial charge in [0.1, 0.15) is 23.3 Å². The molecule has 1 atom stereocenters. The molecule has 7 heteroatoms. The molecular weight excluding hydrogens is 332 g/mol. The van der Waals surface area contributed by atoms with Gasteiger partial charge in [0.25, 0.3) is 0 Å². The Morgan fingerprint density at radius 3 is 2.16 bits per heavy atom. The zero-order chi connectivity index (χ0) is 18.6. The summed E-state index contributed by atoms with van der Waals surface area (Å²) in [5.41, 5.74) is -2.07. The first-order chi connectivity index (χ1) is 11.5. The molecule has 3 aliphatic rings. The van der Waals surface area contributed by atoms with E-state index in [1.54, 1.807) is 20.8 Å². The van der Waals surface area contributed by atoms with Crippen molar-refractivity contribution >= 4 is 12.1 Å². The van der Waals surface area contributed by atoms with Gasteiger partial charge in [-0.1, -0.05) is 6.07 Å². The molecule has 1 aromatic carbocycles. The van der Waals surface area contributed by atoms with Gasteiger partial charge in [-0.15, -0.1) is 0 Å². The molecule has 3 saturated carbocycles. The first kappa shape index (κ1) is 17.6. The van der Waals surface area contributed by atoms with Crippen LogP contribution in [-0.2, 0) is 14.9 Å². The summed E-state index contributed by atoms with van der Waals surface area (Å²) >= 11 is 0. The lowest BCUT2D eigenvalue weighted by molar-refractivity contribution is -0.185. The maximum atomic E-state index is 14.0. The number of nitrogens with one attached hydrogen (secondary N) is 1. The molecule has 5 nitrogen and oxygen atoms in total. The number of benzene rings is 1. The highest BCUT2D eigenvalue weighted by Crippen LogP contribution is 2.75. The van der Waals surface area contributed by atoms with Crippen molar-refractivity contribution in [3.05, 3.63) is 35.4 Å². The van der Waals surface area contributed by atoms with Crippen molar-refractivity contribution in [2.45, 2.75) is 57.1 Å². The number of aliphatic carboxylic acids is 1. The highest BCUT2D eigenvalue weighted by atomic mass is 19.1. The zero-order valence-corrected chi connectivity index (χ0v) is 14.4. The van der Waals surface area contributed by atoms with Crippen molar-refractivity contribution in [3.63, 3.8) is 0 Å². The minimum absolute atomic E-state index is 0.0262. The van der Waals surface area contributed by atoms with E-state index >= 15 is 0 Å². The van der Waals surface area contributed by atoms with E-state index < -0.39 is 46.2 Å². The van der Waals surface area contributed by atoms with Crippen molar-refractivity contribution in [1.82, 2.24) is 5.32 Å². The average molecular weight is 353 g/mol.